The Morgan fingerprint density at radius 1 is 1.14 bits per heavy atom. The first-order chi connectivity index (χ1) is 10.5. The molecule has 0 unspecified atom stereocenters. The van der Waals surface area contributed by atoms with Crippen LogP contribution in [0.15, 0.2) is 42.5 Å². The van der Waals surface area contributed by atoms with E-state index in [2.05, 4.69) is 31.5 Å². The molecule has 1 N–H and O–H groups in total. The third-order valence-electron chi connectivity index (χ3n) is 3.69. The molecule has 2 nitrogen and oxygen atoms in total. The number of hydrogen-bond acceptors (Lipinski definition) is 2. The largest absolute Gasteiger partial charge is 0.321 e. The molecule has 0 heterocycles. The van der Waals surface area contributed by atoms with Crippen LogP contribution in [0.2, 0.25) is 0 Å². The fraction of sp³-hybridized carbons (Fsp3) is 0.316. The van der Waals surface area contributed by atoms with Gasteiger partial charge in [0.1, 0.15) is 0 Å². The highest BCUT2D eigenvalue weighted by atomic mass is 32.2. The summed E-state index contributed by atoms with van der Waals surface area (Å²) in [5.74, 6) is 1.29. The molecule has 0 fully saturated rings. The lowest BCUT2D eigenvalue weighted by molar-refractivity contribution is 0.102. The van der Waals surface area contributed by atoms with Crippen molar-refractivity contribution in [1.82, 2.24) is 0 Å². The number of carbonyl (C=O) groups excluding carboxylic acids is 1. The molecule has 3 heteroatoms. The van der Waals surface area contributed by atoms with Gasteiger partial charge in [-0.05, 0) is 47.9 Å². The van der Waals surface area contributed by atoms with Crippen molar-refractivity contribution in [2.75, 3.05) is 11.6 Å². The van der Waals surface area contributed by atoms with Crippen LogP contribution in [0.4, 0.5) is 5.69 Å². The molecular formula is C19H23NOS. The number of nitrogens with one attached hydrogen (secondary N) is 1. The molecule has 2 aromatic carbocycles. The van der Waals surface area contributed by atoms with Gasteiger partial charge in [0.2, 0.25) is 0 Å². The Hall–Kier alpha value is -1.74. The Morgan fingerprint density at radius 3 is 2.41 bits per heavy atom. The lowest BCUT2D eigenvalue weighted by Gasteiger charge is -2.16. The molecular weight excluding hydrogens is 290 g/mol. The average Bonchev–Trinajstić information content (AvgIpc) is 2.50. The standard InChI is InChI=1S/C19H23NOS/c1-13(2)17-7-5-6-14(3)18(17)20-19(21)16-10-8-15(9-11-16)12-22-4/h5-11,13H,12H2,1-4H3,(H,20,21). The summed E-state index contributed by atoms with van der Waals surface area (Å²) >= 11 is 1.78. The zero-order valence-corrected chi connectivity index (χ0v) is 14.5. The molecule has 2 rings (SSSR count). The highest BCUT2D eigenvalue weighted by molar-refractivity contribution is 7.97. The van der Waals surface area contributed by atoms with Gasteiger partial charge in [-0.25, -0.2) is 0 Å². The first kappa shape index (κ1) is 16.6. The Bertz CT molecular complexity index is 647. The molecule has 0 atom stereocenters. The van der Waals surface area contributed by atoms with E-state index in [1.165, 1.54) is 11.1 Å². The van der Waals surface area contributed by atoms with Gasteiger partial charge in [0.05, 0.1) is 0 Å². The molecule has 0 aliphatic carbocycles. The van der Waals surface area contributed by atoms with Crippen LogP contribution < -0.4 is 5.32 Å². The number of anilines is 1. The molecule has 0 aliphatic heterocycles. The Labute approximate surface area is 137 Å². The molecule has 0 saturated heterocycles. The fourth-order valence-electron chi connectivity index (χ4n) is 2.45. The van der Waals surface area contributed by atoms with Gasteiger partial charge >= 0.3 is 0 Å². The van der Waals surface area contributed by atoms with Crippen LogP contribution in [0.1, 0.15) is 46.8 Å². The van der Waals surface area contributed by atoms with Crippen LogP contribution in [0.25, 0.3) is 0 Å². The van der Waals surface area contributed by atoms with E-state index in [-0.39, 0.29) is 5.91 Å². The van der Waals surface area contributed by atoms with Crippen LogP contribution in [0.5, 0.6) is 0 Å². The number of rotatable bonds is 5. The van der Waals surface area contributed by atoms with Crippen molar-refractivity contribution in [2.24, 2.45) is 0 Å². The zero-order chi connectivity index (χ0) is 16.1. The number of thioether (sulfide) groups is 1. The second-order valence-corrected chi connectivity index (χ2v) is 6.64. The van der Waals surface area contributed by atoms with Gasteiger partial charge in [0.15, 0.2) is 0 Å². The van der Waals surface area contributed by atoms with Gasteiger partial charge in [-0.1, -0.05) is 44.2 Å². The first-order valence-electron chi connectivity index (χ1n) is 7.51. The zero-order valence-electron chi connectivity index (χ0n) is 13.6. The molecule has 0 bridgehead atoms. The smallest absolute Gasteiger partial charge is 0.255 e. The molecule has 2 aromatic rings. The second kappa shape index (κ2) is 7.50. The highest BCUT2D eigenvalue weighted by Gasteiger charge is 2.13. The minimum atomic E-state index is -0.0492. The maximum Gasteiger partial charge on any atom is 0.255 e. The van der Waals surface area contributed by atoms with E-state index >= 15 is 0 Å². The van der Waals surface area contributed by atoms with E-state index < -0.39 is 0 Å². The van der Waals surface area contributed by atoms with E-state index in [9.17, 15) is 4.79 Å². The van der Waals surface area contributed by atoms with Gasteiger partial charge in [-0.3, -0.25) is 4.79 Å². The van der Waals surface area contributed by atoms with Crippen molar-refractivity contribution in [3.63, 3.8) is 0 Å². The number of amides is 1. The third kappa shape index (κ3) is 3.92. The van der Waals surface area contributed by atoms with Gasteiger partial charge in [0.25, 0.3) is 5.91 Å². The average molecular weight is 313 g/mol. The summed E-state index contributed by atoms with van der Waals surface area (Å²) in [4.78, 5) is 12.5. The normalized spacial score (nSPS) is 10.8. The molecule has 0 aliphatic rings. The van der Waals surface area contributed by atoms with E-state index in [0.29, 0.717) is 11.5 Å². The molecule has 0 aromatic heterocycles. The lowest BCUT2D eigenvalue weighted by Crippen LogP contribution is -2.14. The topological polar surface area (TPSA) is 29.1 Å². The molecule has 22 heavy (non-hydrogen) atoms. The van der Waals surface area contributed by atoms with Crippen molar-refractivity contribution in [3.8, 4) is 0 Å². The van der Waals surface area contributed by atoms with Gasteiger partial charge in [-0.2, -0.15) is 11.8 Å². The molecule has 0 radical (unpaired) electrons. The van der Waals surface area contributed by atoms with Crippen LogP contribution in [-0.2, 0) is 5.75 Å². The van der Waals surface area contributed by atoms with Gasteiger partial charge < -0.3 is 5.32 Å². The Kier molecular flexibility index (Phi) is 5.67. The van der Waals surface area contributed by atoms with E-state index in [1.54, 1.807) is 11.8 Å². The quantitative estimate of drug-likeness (QED) is 0.818. The first-order valence-corrected chi connectivity index (χ1v) is 8.91. The number of carbonyl (C=O) groups is 1. The van der Waals surface area contributed by atoms with Crippen LogP contribution in [-0.4, -0.2) is 12.2 Å². The van der Waals surface area contributed by atoms with Crippen molar-refractivity contribution in [1.29, 1.82) is 0 Å². The number of aryl methyl sites for hydroxylation is 1. The molecule has 0 spiro atoms. The summed E-state index contributed by atoms with van der Waals surface area (Å²) in [7, 11) is 0. The molecule has 0 saturated carbocycles. The summed E-state index contributed by atoms with van der Waals surface area (Å²) in [5, 5.41) is 3.08. The Morgan fingerprint density at radius 2 is 1.82 bits per heavy atom. The van der Waals surface area contributed by atoms with Crippen molar-refractivity contribution in [2.45, 2.75) is 32.4 Å². The summed E-state index contributed by atoms with van der Waals surface area (Å²) in [6, 6.07) is 14.0. The number of benzene rings is 2. The third-order valence-corrected chi connectivity index (χ3v) is 4.31. The number of para-hydroxylation sites is 1. The predicted molar refractivity (Wildman–Crippen MR) is 96.9 cm³/mol. The maximum atomic E-state index is 12.5. The minimum absolute atomic E-state index is 0.0492. The van der Waals surface area contributed by atoms with Crippen LogP contribution in [0.3, 0.4) is 0 Å². The highest BCUT2D eigenvalue weighted by Crippen LogP contribution is 2.27. The summed E-state index contributed by atoms with van der Waals surface area (Å²) in [5.41, 5.74) is 5.15. The van der Waals surface area contributed by atoms with E-state index in [1.807, 2.05) is 43.3 Å². The Balaban J connectivity index is 2.22. The van der Waals surface area contributed by atoms with Gasteiger partial charge in [0, 0.05) is 17.0 Å². The second-order valence-electron chi connectivity index (χ2n) is 5.78. The summed E-state index contributed by atoms with van der Waals surface area (Å²) < 4.78 is 0. The minimum Gasteiger partial charge on any atom is -0.321 e. The molecule has 116 valence electrons. The van der Waals surface area contributed by atoms with Crippen molar-refractivity contribution >= 4 is 23.4 Å². The SMILES string of the molecule is CSCc1ccc(C(=O)Nc2c(C)cccc2C(C)C)cc1. The van der Waals surface area contributed by atoms with E-state index in [4.69, 9.17) is 0 Å². The van der Waals surface area contributed by atoms with E-state index in [0.717, 1.165) is 17.0 Å². The number of hydrogen-bond donors (Lipinski definition) is 1. The monoisotopic (exact) mass is 313 g/mol. The summed E-state index contributed by atoms with van der Waals surface area (Å²) in [6.45, 7) is 6.31. The van der Waals surface area contributed by atoms with Gasteiger partial charge in [-0.15, -0.1) is 0 Å². The van der Waals surface area contributed by atoms with Crippen molar-refractivity contribution in [3.05, 3.63) is 64.7 Å². The maximum absolute atomic E-state index is 12.5. The lowest BCUT2D eigenvalue weighted by atomic mass is 9.98. The van der Waals surface area contributed by atoms with Crippen molar-refractivity contribution < 1.29 is 4.79 Å². The van der Waals surface area contributed by atoms with Crippen LogP contribution >= 0.6 is 11.8 Å². The molecule has 1 amide bonds. The summed E-state index contributed by atoms with van der Waals surface area (Å²) in [6.07, 6.45) is 2.08. The fourth-order valence-corrected chi connectivity index (χ4v) is 2.97. The predicted octanol–water partition coefficient (Wildman–Crippen LogP) is 5.23. The van der Waals surface area contributed by atoms with Crippen LogP contribution in [0, 0.1) is 6.92 Å².